The van der Waals surface area contributed by atoms with Crippen molar-refractivity contribution < 1.29 is 9.90 Å². The van der Waals surface area contributed by atoms with Crippen molar-refractivity contribution in [3.63, 3.8) is 0 Å². The number of rotatable bonds is 4. The Balaban J connectivity index is 1.63. The molecule has 3 aliphatic rings. The summed E-state index contributed by atoms with van der Waals surface area (Å²) in [4.78, 5) is 13.6. The van der Waals surface area contributed by atoms with E-state index >= 15 is 0 Å². The zero-order chi connectivity index (χ0) is 13.6. The fourth-order valence-electron chi connectivity index (χ4n) is 4.35. The summed E-state index contributed by atoms with van der Waals surface area (Å²) in [6.45, 7) is 3.14. The molecule has 0 radical (unpaired) electrons. The first-order valence-electron chi connectivity index (χ1n) is 7.73. The Morgan fingerprint density at radius 1 is 1.42 bits per heavy atom. The average molecular weight is 266 g/mol. The predicted octanol–water partition coefficient (Wildman–Crippen LogP) is 1.47. The van der Waals surface area contributed by atoms with Gasteiger partial charge in [0.25, 0.3) is 0 Å². The van der Waals surface area contributed by atoms with Gasteiger partial charge in [0.05, 0.1) is 6.04 Å². The molecule has 3 rings (SSSR count). The maximum Gasteiger partial charge on any atom is 0.235 e. The van der Waals surface area contributed by atoms with Crippen LogP contribution in [0.25, 0.3) is 0 Å². The third kappa shape index (κ3) is 2.52. The monoisotopic (exact) mass is 266 g/mol. The highest BCUT2D eigenvalue weighted by molar-refractivity contribution is 5.81. The molecule has 1 amide bonds. The number of nitrogens with two attached hydrogens (primary N) is 1. The topological polar surface area (TPSA) is 66.6 Å². The number of hydrogen-bond donors (Lipinski definition) is 2. The molecule has 0 aromatic heterocycles. The van der Waals surface area contributed by atoms with Gasteiger partial charge in [-0.3, -0.25) is 9.69 Å². The third-order valence-electron chi connectivity index (χ3n) is 5.60. The molecular formula is C15H26N2O2. The molecule has 4 unspecified atom stereocenters. The van der Waals surface area contributed by atoms with Gasteiger partial charge < -0.3 is 10.8 Å². The molecule has 0 bridgehead atoms. The minimum Gasteiger partial charge on any atom is -0.378 e. The van der Waals surface area contributed by atoms with Crippen molar-refractivity contribution in [3.8, 4) is 0 Å². The molecule has 1 aliphatic heterocycles. The Bertz CT molecular complexity index is 365. The molecule has 3 fully saturated rings. The van der Waals surface area contributed by atoms with Gasteiger partial charge in [-0.15, -0.1) is 0 Å². The number of piperidine rings is 1. The van der Waals surface area contributed by atoms with Crippen LogP contribution in [-0.4, -0.2) is 34.7 Å². The first-order chi connectivity index (χ1) is 9.00. The van der Waals surface area contributed by atoms with Gasteiger partial charge in [-0.1, -0.05) is 26.2 Å². The van der Waals surface area contributed by atoms with E-state index in [9.17, 15) is 9.90 Å². The van der Waals surface area contributed by atoms with E-state index < -0.39 is 6.23 Å². The van der Waals surface area contributed by atoms with E-state index in [1.807, 2.05) is 4.90 Å². The van der Waals surface area contributed by atoms with Crippen LogP contribution < -0.4 is 5.73 Å². The molecule has 4 nitrogen and oxygen atoms in total. The van der Waals surface area contributed by atoms with Gasteiger partial charge in [0, 0.05) is 6.54 Å². The van der Waals surface area contributed by atoms with Crippen molar-refractivity contribution in [3.05, 3.63) is 0 Å². The van der Waals surface area contributed by atoms with Crippen molar-refractivity contribution in [1.82, 2.24) is 4.90 Å². The summed E-state index contributed by atoms with van der Waals surface area (Å²) in [5, 5.41) is 10.5. The Hall–Kier alpha value is -0.610. The highest BCUT2D eigenvalue weighted by Crippen LogP contribution is 2.51. The quantitative estimate of drug-likeness (QED) is 0.810. The smallest absolute Gasteiger partial charge is 0.235 e. The lowest BCUT2D eigenvalue weighted by atomic mass is 9.73. The molecule has 4 heteroatoms. The molecule has 19 heavy (non-hydrogen) atoms. The fraction of sp³-hybridized carbons (Fsp3) is 0.933. The zero-order valence-corrected chi connectivity index (χ0v) is 11.8. The molecule has 3 N–H and O–H groups in total. The number of primary amides is 1. The summed E-state index contributed by atoms with van der Waals surface area (Å²) in [6.07, 6.45) is 7.68. The van der Waals surface area contributed by atoms with Crippen molar-refractivity contribution >= 4 is 5.91 Å². The average Bonchev–Trinajstić information content (AvgIpc) is 2.99. The van der Waals surface area contributed by atoms with Gasteiger partial charge in [-0.05, 0) is 42.9 Å². The lowest BCUT2D eigenvalue weighted by Crippen LogP contribution is -2.49. The van der Waals surface area contributed by atoms with E-state index in [1.54, 1.807) is 0 Å². The summed E-state index contributed by atoms with van der Waals surface area (Å²) in [7, 11) is 0. The Labute approximate surface area is 115 Å². The van der Waals surface area contributed by atoms with Crippen LogP contribution in [0.5, 0.6) is 0 Å². The summed E-state index contributed by atoms with van der Waals surface area (Å²) >= 11 is 0. The van der Waals surface area contributed by atoms with Gasteiger partial charge in [-0.2, -0.15) is 0 Å². The normalized spacial score (nSPS) is 38.7. The second-order valence-electron chi connectivity index (χ2n) is 7.26. The van der Waals surface area contributed by atoms with Crippen LogP contribution in [0.4, 0.5) is 0 Å². The Morgan fingerprint density at radius 2 is 2.11 bits per heavy atom. The van der Waals surface area contributed by atoms with Crippen molar-refractivity contribution in [1.29, 1.82) is 0 Å². The zero-order valence-electron chi connectivity index (χ0n) is 11.8. The van der Waals surface area contributed by atoms with Gasteiger partial charge in [0.15, 0.2) is 0 Å². The summed E-state index contributed by atoms with van der Waals surface area (Å²) < 4.78 is 0. The number of carbonyl (C=O) groups is 1. The van der Waals surface area contributed by atoms with Crippen molar-refractivity contribution in [2.24, 2.45) is 23.0 Å². The minimum absolute atomic E-state index is 0.216. The van der Waals surface area contributed by atoms with Gasteiger partial charge >= 0.3 is 0 Å². The number of likely N-dealkylation sites (tertiary alicyclic amines) is 1. The third-order valence-corrected chi connectivity index (χ3v) is 5.60. The number of aliphatic hydroxyl groups excluding tert-OH is 1. The predicted molar refractivity (Wildman–Crippen MR) is 73.1 cm³/mol. The van der Waals surface area contributed by atoms with Crippen LogP contribution in [-0.2, 0) is 4.79 Å². The van der Waals surface area contributed by atoms with E-state index in [1.165, 1.54) is 32.1 Å². The van der Waals surface area contributed by atoms with Crippen LogP contribution in [0.3, 0.4) is 0 Å². The van der Waals surface area contributed by atoms with Crippen molar-refractivity contribution in [2.75, 3.05) is 6.54 Å². The first-order valence-corrected chi connectivity index (χ1v) is 7.73. The van der Waals surface area contributed by atoms with Gasteiger partial charge in [-0.25, -0.2) is 0 Å². The number of nitrogens with zero attached hydrogens (tertiary/aromatic N) is 1. The number of carbonyl (C=O) groups excluding carboxylic acids is 1. The van der Waals surface area contributed by atoms with Crippen molar-refractivity contribution in [2.45, 2.75) is 64.1 Å². The first kappa shape index (κ1) is 13.4. The largest absolute Gasteiger partial charge is 0.378 e. The molecule has 1 saturated heterocycles. The standard InChI is InChI=1S/C15H26N2O2/c1-15(5-3-2-4-6-15)8-12(18)17-9-10-7-11(10)13(17)14(16)19/h10-13,18H,2-9H2,1H3,(H2,16,19). The molecule has 0 aromatic carbocycles. The molecule has 2 aliphatic carbocycles. The van der Waals surface area contributed by atoms with E-state index in [0.29, 0.717) is 11.8 Å². The van der Waals surface area contributed by atoms with E-state index in [2.05, 4.69) is 6.92 Å². The summed E-state index contributed by atoms with van der Waals surface area (Å²) in [5.74, 6) is 0.774. The molecule has 108 valence electrons. The summed E-state index contributed by atoms with van der Waals surface area (Å²) in [5.41, 5.74) is 5.76. The second kappa shape index (κ2) is 4.74. The SMILES string of the molecule is CC1(CC(O)N2CC3CC3C2C(N)=O)CCCCC1. The Morgan fingerprint density at radius 3 is 2.74 bits per heavy atom. The maximum atomic E-state index is 11.6. The maximum absolute atomic E-state index is 11.6. The summed E-state index contributed by atoms with van der Waals surface area (Å²) in [6, 6.07) is -0.216. The highest BCUT2D eigenvalue weighted by atomic mass is 16.3. The number of amides is 1. The molecule has 0 spiro atoms. The van der Waals surface area contributed by atoms with Crippen LogP contribution in [0, 0.1) is 17.3 Å². The molecule has 1 heterocycles. The lowest BCUT2D eigenvalue weighted by Gasteiger charge is -2.39. The second-order valence-corrected chi connectivity index (χ2v) is 7.26. The number of fused-ring (bicyclic) bond motifs is 1. The highest BCUT2D eigenvalue weighted by Gasteiger charge is 2.56. The molecular weight excluding hydrogens is 240 g/mol. The van der Waals surface area contributed by atoms with Gasteiger partial charge in [0.2, 0.25) is 5.91 Å². The van der Waals surface area contributed by atoms with Crippen LogP contribution in [0.15, 0.2) is 0 Å². The van der Waals surface area contributed by atoms with Crippen LogP contribution in [0.2, 0.25) is 0 Å². The number of aliphatic hydroxyl groups is 1. The van der Waals surface area contributed by atoms with Crippen LogP contribution >= 0.6 is 0 Å². The molecule has 0 aromatic rings. The van der Waals surface area contributed by atoms with Gasteiger partial charge in [0.1, 0.15) is 6.23 Å². The molecule has 2 saturated carbocycles. The van der Waals surface area contributed by atoms with E-state index in [-0.39, 0.29) is 17.4 Å². The van der Waals surface area contributed by atoms with Crippen LogP contribution in [0.1, 0.15) is 51.9 Å². The fourth-order valence-corrected chi connectivity index (χ4v) is 4.35. The lowest BCUT2D eigenvalue weighted by molar-refractivity contribution is -0.129. The van der Waals surface area contributed by atoms with E-state index in [4.69, 9.17) is 5.73 Å². The van der Waals surface area contributed by atoms with E-state index in [0.717, 1.165) is 19.4 Å². The number of hydrogen-bond acceptors (Lipinski definition) is 3. The Kier molecular flexibility index (Phi) is 3.34. The molecule has 4 atom stereocenters. The minimum atomic E-state index is -0.492.